The van der Waals surface area contributed by atoms with Crippen LogP contribution in [0, 0.1) is 5.41 Å². The van der Waals surface area contributed by atoms with Crippen LogP contribution in [0.1, 0.15) is 38.5 Å². The maximum atomic E-state index is 12.2. The van der Waals surface area contributed by atoms with Gasteiger partial charge in [0.25, 0.3) is 5.79 Å². The van der Waals surface area contributed by atoms with Crippen molar-refractivity contribution in [2.75, 3.05) is 6.61 Å². The highest BCUT2D eigenvalue weighted by atomic mass is 19.4. The first kappa shape index (κ1) is 21.4. The third kappa shape index (κ3) is 4.93. The van der Waals surface area contributed by atoms with E-state index < -0.39 is 42.5 Å². The summed E-state index contributed by atoms with van der Waals surface area (Å²) in [5.41, 5.74) is -0.111. The maximum absolute atomic E-state index is 12.2. The van der Waals surface area contributed by atoms with E-state index in [0.717, 1.165) is 25.7 Å². The zero-order valence-electron chi connectivity index (χ0n) is 13.4. The number of esters is 2. The molecule has 10 heteroatoms. The summed E-state index contributed by atoms with van der Waals surface area (Å²) in [6.07, 6.45) is -1.09. The molecule has 0 amide bonds. The van der Waals surface area contributed by atoms with Crippen molar-refractivity contribution in [3.05, 3.63) is 12.2 Å². The Labute approximate surface area is 141 Å². The average molecular weight is 370 g/mol. The molecule has 2 aliphatic rings. The van der Waals surface area contributed by atoms with E-state index in [-0.39, 0.29) is 11.6 Å². The predicted molar refractivity (Wildman–Crippen MR) is 77.0 cm³/mol. The van der Waals surface area contributed by atoms with Gasteiger partial charge in [0.15, 0.2) is 6.61 Å². The molecule has 0 aliphatic heterocycles. The van der Waals surface area contributed by atoms with Crippen molar-refractivity contribution in [2.45, 2.75) is 56.6 Å². The van der Waals surface area contributed by atoms with Crippen LogP contribution in [-0.2, 0) is 19.1 Å². The Morgan fingerprint density at radius 1 is 1.20 bits per heavy atom. The third-order valence-electron chi connectivity index (χ3n) is 4.54. The highest BCUT2D eigenvalue weighted by Crippen LogP contribution is 2.56. The summed E-state index contributed by atoms with van der Waals surface area (Å²) in [5.74, 6) is -6.20. The first-order chi connectivity index (χ1) is 10.9. The summed E-state index contributed by atoms with van der Waals surface area (Å²) in [6.45, 7) is 1.53. The van der Waals surface area contributed by atoms with Crippen molar-refractivity contribution in [3.8, 4) is 0 Å². The lowest BCUT2D eigenvalue weighted by atomic mass is 9.55. The second kappa shape index (κ2) is 7.30. The van der Waals surface area contributed by atoms with Gasteiger partial charge < -0.3 is 25.2 Å². The molecular formula is C15H21F3O7. The zero-order valence-corrected chi connectivity index (χ0v) is 13.4. The Morgan fingerprint density at radius 2 is 1.76 bits per heavy atom. The van der Waals surface area contributed by atoms with E-state index in [0.29, 0.717) is 5.41 Å². The van der Waals surface area contributed by atoms with Gasteiger partial charge in [-0.25, -0.2) is 4.79 Å². The van der Waals surface area contributed by atoms with Gasteiger partial charge in [-0.15, -0.1) is 0 Å². The fraction of sp³-hybridized carbons (Fsp3) is 0.733. The number of halogens is 3. The van der Waals surface area contributed by atoms with Gasteiger partial charge in [-0.2, -0.15) is 13.2 Å². The molecule has 2 saturated carbocycles. The minimum absolute atomic E-state index is 0. The van der Waals surface area contributed by atoms with Crippen LogP contribution in [0.4, 0.5) is 13.2 Å². The molecule has 7 nitrogen and oxygen atoms in total. The Morgan fingerprint density at radius 3 is 2.20 bits per heavy atom. The molecule has 0 bridgehead atoms. The largest absolute Gasteiger partial charge is 0.462 e. The van der Waals surface area contributed by atoms with Gasteiger partial charge in [0.05, 0.1) is 6.42 Å². The lowest BCUT2D eigenvalue weighted by Gasteiger charge is -2.53. The molecule has 1 spiro atoms. The second-order valence-corrected chi connectivity index (χ2v) is 6.54. The number of carbonyl (C=O) groups excluding carboxylic acids is 2. The number of aliphatic hydroxyl groups is 2. The van der Waals surface area contributed by atoms with Crippen LogP contribution in [0.3, 0.4) is 0 Å². The standard InChI is InChI=1S/C15H19F3O6.H2O/c1-9(12(20)23-8-14(21,22)15(16,17)18)5-11(19)24-10-6-13(7-10)3-2-4-13;/h10,21-22H,1-8H2;1H2. The molecule has 0 atom stereocenters. The van der Waals surface area contributed by atoms with Gasteiger partial charge in [-0.1, -0.05) is 13.0 Å². The Kier molecular flexibility index (Phi) is 6.25. The first-order valence-corrected chi connectivity index (χ1v) is 7.50. The quantitative estimate of drug-likeness (QED) is 0.404. The van der Waals surface area contributed by atoms with Gasteiger partial charge in [-0.3, -0.25) is 4.79 Å². The van der Waals surface area contributed by atoms with Crippen molar-refractivity contribution in [3.63, 3.8) is 0 Å². The summed E-state index contributed by atoms with van der Waals surface area (Å²) in [5, 5.41) is 17.5. The average Bonchev–Trinajstić information content (AvgIpc) is 2.36. The summed E-state index contributed by atoms with van der Waals surface area (Å²) < 4.78 is 45.9. The number of alkyl halides is 3. The molecule has 0 unspecified atom stereocenters. The molecule has 0 saturated heterocycles. The van der Waals surface area contributed by atoms with Crippen molar-refractivity contribution < 1.29 is 47.9 Å². The third-order valence-corrected chi connectivity index (χ3v) is 4.54. The number of carbonyl (C=O) groups is 2. The van der Waals surface area contributed by atoms with Crippen LogP contribution in [0.2, 0.25) is 0 Å². The molecule has 0 aromatic heterocycles. The topological polar surface area (TPSA) is 125 Å². The van der Waals surface area contributed by atoms with Crippen molar-refractivity contribution in [2.24, 2.45) is 5.41 Å². The molecule has 0 aromatic rings. The molecule has 2 aliphatic carbocycles. The highest BCUT2D eigenvalue weighted by Gasteiger charge is 2.54. The van der Waals surface area contributed by atoms with E-state index in [2.05, 4.69) is 11.3 Å². The van der Waals surface area contributed by atoms with Gasteiger partial charge in [0.1, 0.15) is 6.10 Å². The molecule has 144 valence electrons. The number of hydrogen-bond acceptors (Lipinski definition) is 6. The summed E-state index contributed by atoms with van der Waals surface area (Å²) >= 11 is 0. The van der Waals surface area contributed by atoms with Gasteiger partial charge in [-0.05, 0) is 31.1 Å². The van der Waals surface area contributed by atoms with Gasteiger partial charge >= 0.3 is 18.1 Å². The molecule has 0 heterocycles. The lowest BCUT2D eigenvalue weighted by molar-refractivity contribution is -0.358. The van der Waals surface area contributed by atoms with E-state index >= 15 is 0 Å². The van der Waals surface area contributed by atoms with Gasteiger partial charge in [0, 0.05) is 5.57 Å². The SMILES string of the molecule is C=C(CC(=O)OC1CC2(CCC2)C1)C(=O)OCC(O)(O)C(F)(F)F.O. The van der Waals surface area contributed by atoms with Crippen LogP contribution < -0.4 is 0 Å². The van der Waals surface area contributed by atoms with Crippen LogP contribution in [0.15, 0.2) is 12.2 Å². The molecule has 0 aromatic carbocycles. The lowest BCUT2D eigenvalue weighted by Crippen LogP contribution is -2.49. The molecular weight excluding hydrogens is 349 g/mol. The monoisotopic (exact) mass is 370 g/mol. The van der Waals surface area contributed by atoms with Crippen LogP contribution in [0.25, 0.3) is 0 Å². The molecule has 4 N–H and O–H groups in total. The van der Waals surface area contributed by atoms with E-state index in [1.165, 1.54) is 6.42 Å². The first-order valence-electron chi connectivity index (χ1n) is 7.50. The molecule has 25 heavy (non-hydrogen) atoms. The molecule has 2 rings (SSSR count). The number of rotatable bonds is 6. The fourth-order valence-corrected chi connectivity index (χ4v) is 2.90. The summed E-state index contributed by atoms with van der Waals surface area (Å²) in [7, 11) is 0. The highest BCUT2D eigenvalue weighted by molar-refractivity contribution is 5.93. The van der Waals surface area contributed by atoms with Crippen LogP contribution in [-0.4, -0.2) is 52.3 Å². The van der Waals surface area contributed by atoms with E-state index in [4.69, 9.17) is 14.9 Å². The van der Waals surface area contributed by atoms with Crippen molar-refractivity contribution >= 4 is 11.9 Å². The predicted octanol–water partition coefficient (Wildman–Crippen LogP) is 0.770. The van der Waals surface area contributed by atoms with Crippen molar-refractivity contribution in [1.82, 2.24) is 0 Å². The van der Waals surface area contributed by atoms with Crippen molar-refractivity contribution in [1.29, 1.82) is 0 Å². The Bertz CT molecular complexity index is 530. The summed E-state index contributed by atoms with van der Waals surface area (Å²) in [6, 6.07) is 0. The number of hydrogen-bond donors (Lipinski definition) is 2. The van der Waals surface area contributed by atoms with Crippen LogP contribution >= 0.6 is 0 Å². The van der Waals surface area contributed by atoms with E-state index in [1.54, 1.807) is 0 Å². The second-order valence-electron chi connectivity index (χ2n) is 6.54. The van der Waals surface area contributed by atoms with E-state index in [1.807, 2.05) is 0 Å². The zero-order chi connectivity index (χ0) is 18.2. The molecule has 2 fully saturated rings. The smallest absolute Gasteiger partial charge is 0.446 e. The van der Waals surface area contributed by atoms with E-state index in [9.17, 15) is 22.8 Å². The van der Waals surface area contributed by atoms with Gasteiger partial charge in [0.2, 0.25) is 0 Å². The normalized spacial score (nSPS) is 19.2. The Hall–Kier alpha value is -1.65. The fourth-order valence-electron chi connectivity index (χ4n) is 2.90. The Balaban J connectivity index is 0.00000312. The van der Waals surface area contributed by atoms with Crippen LogP contribution in [0.5, 0.6) is 0 Å². The minimum atomic E-state index is -5.38. The maximum Gasteiger partial charge on any atom is 0.446 e. The minimum Gasteiger partial charge on any atom is -0.462 e. The molecule has 0 radical (unpaired) electrons. The summed E-state index contributed by atoms with van der Waals surface area (Å²) in [4.78, 5) is 23.1. The number of ether oxygens (including phenoxy) is 2.